The third kappa shape index (κ3) is 8.52. The fraction of sp³-hybridized carbons (Fsp3) is 0.750. The molecule has 0 aliphatic rings. The molecule has 0 aliphatic carbocycles. The van der Waals surface area contributed by atoms with Gasteiger partial charge in [-0.15, -0.1) is 0 Å². The van der Waals surface area contributed by atoms with E-state index in [4.69, 9.17) is 25.5 Å². The molecular formula is C12H22N2O8. The topological polar surface area (TPSA) is 176 Å². The predicted octanol–water partition coefficient (Wildman–Crippen LogP) is -2.32. The van der Waals surface area contributed by atoms with E-state index in [2.05, 4.69) is 10.6 Å². The molecule has 0 heterocycles. The summed E-state index contributed by atoms with van der Waals surface area (Å²) in [5.41, 5.74) is 0. The molecule has 10 nitrogen and oxygen atoms in total. The maximum Gasteiger partial charge on any atom is 0.332 e. The van der Waals surface area contributed by atoms with Crippen LogP contribution < -0.4 is 10.6 Å². The molecule has 0 radical (unpaired) electrons. The van der Waals surface area contributed by atoms with E-state index in [0.717, 1.165) is 0 Å². The predicted molar refractivity (Wildman–Crippen MR) is 73.4 cm³/mol. The van der Waals surface area contributed by atoms with Crippen molar-refractivity contribution in [1.82, 2.24) is 10.6 Å². The van der Waals surface area contributed by atoms with Crippen LogP contribution in [0.5, 0.6) is 0 Å². The van der Waals surface area contributed by atoms with Crippen LogP contribution in [0, 0.1) is 0 Å². The van der Waals surface area contributed by atoms with Gasteiger partial charge in [-0.1, -0.05) is 0 Å². The largest absolute Gasteiger partial charge is 0.480 e. The summed E-state index contributed by atoms with van der Waals surface area (Å²) in [6.07, 6.45) is -1.64. The molecule has 0 bridgehead atoms. The molecule has 0 saturated carbocycles. The first-order valence-corrected chi connectivity index (χ1v) is 6.73. The van der Waals surface area contributed by atoms with E-state index in [-0.39, 0.29) is 39.0 Å². The molecule has 7 N–H and O–H groups in total. The third-order valence-corrected chi connectivity index (χ3v) is 2.93. The highest BCUT2D eigenvalue weighted by Crippen LogP contribution is 1.97. The van der Waals surface area contributed by atoms with Crippen molar-refractivity contribution in [3.8, 4) is 0 Å². The molecule has 0 aliphatic heterocycles. The Morgan fingerprint density at radius 3 is 1.64 bits per heavy atom. The zero-order valence-electron chi connectivity index (χ0n) is 11.9. The number of nitrogens with one attached hydrogen (secondary N) is 2. The van der Waals surface area contributed by atoms with Gasteiger partial charge in [-0.3, -0.25) is 9.59 Å². The maximum absolute atomic E-state index is 11.0. The van der Waals surface area contributed by atoms with Crippen molar-refractivity contribution < 1.29 is 39.9 Å². The highest BCUT2D eigenvalue weighted by atomic mass is 16.5. The number of aliphatic hydroxyl groups excluding tert-OH is 2. The number of carboxylic acids is 3. The first-order chi connectivity index (χ1) is 10.3. The molecule has 0 amide bonds. The summed E-state index contributed by atoms with van der Waals surface area (Å²) in [4.78, 5) is 32.2. The van der Waals surface area contributed by atoms with Gasteiger partial charge in [0.1, 0.15) is 12.1 Å². The van der Waals surface area contributed by atoms with E-state index >= 15 is 0 Å². The lowest BCUT2D eigenvalue weighted by Crippen LogP contribution is -2.44. The van der Waals surface area contributed by atoms with Gasteiger partial charge < -0.3 is 36.2 Å². The molecule has 0 unspecified atom stereocenters. The van der Waals surface area contributed by atoms with Crippen molar-refractivity contribution in [3.63, 3.8) is 0 Å². The average Bonchev–Trinajstić information content (AvgIpc) is 2.43. The minimum atomic E-state index is -1.57. The second-order valence-corrected chi connectivity index (χ2v) is 4.63. The summed E-state index contributed by atoms with van der Waals surface area (Å²) >= 11 is 0. The summed E-state index contributed by atoms with van der Waals surface area (Å²) < 4.78 is 0. The Morgan fingerprint density at radius 1 is 0.773 bits per heavy atom. The number of aliphatic hydroxyl groups is 2. The van der Waals surface area contributed by atoms with E-state index in [9.17, 15) is 14.4 Å². The number of rotatable bonds is 13. The van der Waals surface area contributed by atoms with Crippen molar-refractivity contribution in [2.45, 2.75) is 37.5 Å². The Hall–Kier alpha value is -1.75. The SMILES string of the molecule is O=[13C](O)[C@H](CCO)NCC[C@H](NCC[C@H](O)[13C](=O)O)[13C](=O)O. The van der Waals surface area contributed by atoms with Crippen molar-refractivity contribution >= 4 is 17.9 Å². The number of hydrogen-bond donors (Lipinski definition) is 7. The second kappa shape index (κ2) is 10.9. The van der Waals surface area contributed by atoms with Crippen LogP contribution in [0.2, 0.25) is 0 Å². The van der Waals surface area contributed by atoms with E-state index in [1.165, 1.54) is 0 Å². The molecule has 22 heavy (non-hydrogen) atoms. The quantitative estimate of drug-likeness (QED) is 0.182. The van der Waals surface area contributed by atoms with Gasteiger partial charge >= 0.3 is 17.9 Å². The van der Waals surface area contributed by atoms with Crippen molar-refractivity contribution in [2.24, 2.45) is 0 Å². The fourth-order valence-electron chi connectivity index (χ4n) is 1.67. The summed E-state index contributed by atoms with van der Waals surface area (Å²) in [5.74, 6) is -3.69. The molecule has 0 rings (SSSR count). The lowest BCUT2D eigenvalue weighted by Gasteiger charge is -2.17. The first kappa shape index (κ1) is 20.2. The molecular weight excluding hydrogens is 303 g/mol. The van der Waals surface area contributed by atoms with Gasteiger partial charge in [-0.2, -0.15) is 0 Å². The molecule has 0 spiro atoms. The first-order valence-electron chi connectivity index (χ1n) is 6.73. The van der Waals surface area contributed by atoms with Crippen LogP contribution in [0.3, 0.4) is 0 Å². The molecule has 0 aromatic rings. The number of aliphatic carboxylic acids is 3. The van der Waals surface area contributed by atoms with Crippen LogP contribution >= 0.6 is 0 Å². The van der Waals surface area contributed by atoms with Gasteiger partial charge in [0.15, 0.2) is 6.10 Å². The molecule has 128 valence electrons. The third-order valence-electron chi connectivity index (χ3n) is 2.93. The van der Waals surface area contributed by atoms with Gasteiger partial charge in [-0.05, 0) is 32.4 Å². The summed E-state index contributed by atoms with van der Waals surface area (Å²) in [6, 6.07) is -1.97. The van der Waals surface area contributed by atoms with Gasteiger partial charge in [-0.25, -0.2) is 4.79 Å². The lowest BCUT2D eigenvalue weighted by molar-refractivity contribution is -0.146. The molecule has 0 aromatic carbocycles. The average molecular weight is 325 g/mol. The Kier molecular flexibility index (Phi) is 10.0. The van der Waals surface area contributed by atoms with Crippen LogP contribution in [0.15, 0.2) is 0 Å². The maximum atomic E-state index is 11.0. The Morgan fingerprint density at radius 2 is 1.23 bits per heavy atom. The van der Waals surface area contributed by atoms with Crippen LogP contribution in [-0.2, 0) is 14.4 Å². The van der Waals surface area contributed by atoms with Crippen LogP contribution in [0.1, 0.15) is 19.3 Å². The van der Waals surface area contributed by atoms with E-state index in [1.54, 1.807) is 0 Å². The van der Waals surface area contributed by atoms with Gasteiger partial charge in [0.25, 0.3) is 0 Å². The normalized spacial score (nSPS) is 15.0. The van der Waals surface area contributed by atoms with Crippen molar-refractivity contribution in [3.05, 3.63) is 0 Å². The standard InChI is InChI=1S/C12H22N2O8/c15-6-3-8(11(19)20)13-4-1-7(10(17)18)14-5-2-9(16)12(21)22/h7-9,13-16H,1-6H2,(H,17,18)(H,19,20)(H,21,22)/t7-,8-,9-/m0/s1/i10+1,11+1,12+1. The minimum absolute atomic E-state index is 0.00526. The number of carbonyl (C=O) groups is 3. The van der Waals surface area contributed by atoms with Gasteiger partial charge in [0, 0.05) is 6.61 Å². The molecule has 0 fully saturated rings. The molecule has 10 heteroatoms. The molecule has 3 atom stereocenters. The van der Waals surface area contributed by atoms with Crippen molar-refractivity contribution in [2.75, 3.05) is 19.7 Å². The zero-order valence-corrected chi connectivity index (χ0v) is 11.9. The Labute approximate surface area is 126 Å². The van der Waals surface area contributed by atoms with Crippen molar-refractivity contribution in [1.29, 1.82) is 0 Å². The Bertz CT molecular complexity index is 376. The zero-order chi connectivity index (χ0) is 17.1. The smallest absolute Gasteiger partial charge is 0.332 e. The number of hydrogen-bond acceptors (Lipinski definition) is 7. The van der Waals surface area contributed by atoms with Crippen LogP contribution in [0.4, 0.5) is 0 Å². The summed E-state index contributed by atoms with van der Waals surface area (Å²) in [7, 11) is 0. The Balaban J connectivity index is 4.17. The van der Waals surface area contributed by atoms with Crippen LogP contribution in [0.25, 0.3) is 0 Å². The molecule has 0 aromatic heterocycles. The summed E-state index contributed by atoms with van der Waals surface area (Å²) in [5, 5.41) is 49.3. The molecule has 0 saturated heterocycles. The van der Waals surface area contributed by atoms with Gasteiger partial charge in [0.2, 0.25) is 0 Å². The summed E-state index contributed by atoms with van der Waals surface area (Å²) in [6.45, 7) is -0.233. The monoisotopic (exact) mass is 325 g/mol. The van der Waals surface area contributed by atoms with Gasteiger partial charge in [0.05, 0.1) is 0 Å². The highest BCUT2D eigenvalue weighted by Gasteiger charge is 2.20. The second-order valence-electron chi connectivity index (χ2n) is 4.63. The van der Waals surface area contributed by atoms with Crippen LogP contribution in [-0.4, -0.2) is 81.3 Å². The van der Waals surface area contributed by atoms with E-state index < -0.39 is 36.1 Å². The highest BCUT2D eigenvalue weighted by molar-refractivity contribution is 5.74. The van der Waals surface area contributed by atoms with E-state index in [1.807, 2.05) is 0 Å². The fourth-order valence-corrected chi connectivity index (χ4v) is 1.67. The number of carboxylic acid groups (broad SMARTS) is 3. The lowest BCUT2D eigenvalue weighted by atomic mass is 10.2. The van der Waals surface area contributed by atoms with E-state index in [0.29, 0.717) is 0 Å². The minimum Gasteiger partial charge on any atom is -0.480 e.